The lowest BCUT2D eigenvalue weighted by Crippen LogP contribution is -1.99. The SMILES string of the molecule is O=S(=O)(Cl)[C@H]1C[C@@H]1c1cccc(F)c1. The summed E-state index contributed by atoms with van der Waals surface area (Å²) in [5.41, 5.74) is 0.708. The van der Waals surface area contributed by atoms with Crippen molar-refractivity contribution in [2.24, 2.45) is 0 Å². The van der Waals surface area contributed by atoms with Crippen molar-refractivity contribution in [2.45, 2.75) is 17.6 Å². The van der Waals surface area contributed by atoms with Crippen molar-refractivity contribution in [1.29, 1.82) is 0 Å². The maximum Gasteiger partial charge on any atom is 0.236 e. The Balaban J connectivity index is 2.22. The van der Waals surface area contributed by atoms with E-state index in [0.29, 0.717) is 12.0 Å². The number of hydrogen-bond donors (Lipinski definition) is 0. The molecule has 0 heterocycles. The monoisotopic (exact) mass is 234 g/mol. The van der Waals surface area contributed by atoms with Gasteiger partial charge in [-0.25, -0.2) is 12.8 Å². The minimum atomic E-state index is -3.49. The van der Waals surface area contributed by atoms with E-state index < -0.39 is 14.3 Å². The molecule has 0 radical (unpaired) electrons. The molecule has 0 aliphatic heterocycles. The number of halogens is 2. The van der Waals surface area contributed by atoms with Gasteiger partial charge in [0.2, 0.25) is 9.05 Å². The van der Waals surface area contributed by atoms with E-state index in [1.54, 1.807) is 12.1 Å². The van der Waals surface area contributed by atoms with Gasteiger partial charge < -0.3 is 0 Å². The fraction of sp³-hybridized carbons (Fsp3) is 0.333. The van der Waals surface area contributed by atoms with Gasteiger partial charge in [0.25, 0.3) is 0 Å². The van der Waals surface area contributed by atoms with Gasteiger partial charge in [0, 0.05) is 16.6 Å². The molecule has 1 aromatic carbocycles. The number of benzene rings is 1. The van der Waals surface area contributed by atoms with Gasteiger partial charge in [-0.1, -0.05) is 12.1 Å². The molecular formula is C9H8ClFO2S. The Labute approximate surface area is 86.1 Å². The van der Waals surface area contributed by atoms with Crippen LogP contribution in [0.15, 0.2) is 24.3 Å². The first kappa shape index (κ1) is 9.93. The summed E-state index contributed by atoms with van der Waals surface area (Å²) in [6, 6.07) is 5.97. The molecule has 0 aromatic heterocycles. The lowest BCUT2D eigenvalue weighted by molar-refractivity contribution is 0.607. The average molecular weight is 235 g/mol. The minimum Gasteiger partial charge on any atom is -0.212 e. The van der Waals surface area contributed by atoms with Gasteiger partial charge >= 0.3 is 0 Å². The summed E-state index contributed by atoms with van der Waals surface area (Å²) in [5.74, 6) is -0.478. The third-order valence-electron chi connectivity index (χ3n) is 2.37. The van der Waals surface area contributed by atoms with Gasteiger partial charge in [-0.05, 0) is 24.1 Å². The molecule has 0 spiro atoms. The Morgan fingerprint density at radius 2 is 2.14 bits per heavy atom. The third kappa shape index (κ3) is 1.91. The zero-order valence-corrected chi connectivity index (χ0v) is 8.72. The molecule has 1 saturated carbocycles. The molecule has 76 valence electrons. The second-order valence-electron chi connectivity index (χ2n) is 3.41. The molecule has 1 aliphatic carbocycles. The first-order valence-electron chi connectivity index (χ1n) is 4.17. The summed E-state index contributed by atoms with van der Waals surface area (Å²) in [6.45, 7) is 0. The van der Waals surface area contributed by atoms with Crippen LogP contribution in [0, 0.1) is 5.82 Å². The molecule has 5 heteroatoms. The maximum absolute atomic E-state index is 12.8. The fourth-order valence-corrected chi connectivity index (χ4v) is 3.15. The molecule has 0 unspecified atom stereocenters. The van der Waals surface area contributed by atoms with Crippen molar-refractivity contribution in [2.75, 3.05) is 0 Å². The average Bonchev–Trinajstić information content (AvgIpc) is 2.81. The number of hydrogen-bond acceptors (Lipinski definition) is 2. The van der Waals surface area contributed by atoms with Crippen LogP contribution in [0.2, 0.25) is 0 Å². The highest BCUT2D eigenvalue weighted by molar-refractivity contribution is 8.14. The van der Waals surface area contributed by atoms with Crippen LogP contribution in [0.3, 0.4) is 0 Å². The summed E-state index contributed by atoms with van der Waals surface area (Å²) < 4.78 is 34.7. The highest BCUT2D eigenvalue weighted by Gasteiger charge is 2.47. The first-order valence-corrected chi connectivity index (χ1v) is 6.54. The molecule has 0 amide bonds. The van der Waals surface area contributed by atoms with E-state index in [4.69, 9.17) is 10.7 Å². The topological polar surface area (TPSA) is 34.1 Å². The van der Waals surface area contributed by atoms with E-state index in [1.807, 2.05) is 0 Å². The highest BCUT2D eigenvalue weighted by atomic mass is 35.7. The molecule has 14 heavy (non-hydrogen) atoms. The largest absolute Gasteiger partial charge is 0.236 e. The van der Waals surface area contributed by atoms with Crippen LogP contribution in [0.5, 0.6) is 0 Å². The van der Waals surface area contributed by atoms with E-state index >= 15 is 0 Å². The molecule has 0 N–H and O–H groups in total. The highest BCUT2D eigenvalue weighted by Crippen LogP contribution is 2.47. The normalized spacial score (nSPS) is 26.1. The molecule has 1 fully saturated rings. The van der Waals surface area contributed by atoms with Crippen molar-refractivity contribution in [3.05, 3.63) is 35.6 Å². The van der Waals surface area contributed by atoms with Crippen LogP contribution in [0.25, 0.3) is 0 Å². The molecule has 0 saturated heterocycles. The Bertz CT molecular complexity index is 458. The van der Waals surface area contributed by atoms with Gasteiger partial charge in [0.15, 0.2) is 0 Å². The van der Waals surface area contributed by atoms with Crippen molar-refractivity contribution in [3.63, 3.8) is 0 Å². The Hall–Kier alpha value is -0.610. The van der Waals surface area contributed by atoms with Crippen molar-refractivity contribution < 1.29 is 12.8 Å². The summed E-state index contributed by atoms with van der Waals surface area (Å²) >= 11 is 0. The minimum absolute atomic E-state index is 0.131. The second-order valence-corrected chi connectivity index (χ2v) is 6.26. The third-order valence-corrected chi connectivity index (χ3v) is 4.30. The summed E-state index contributed by atoms with van der Waals surface area (Å²) in [7, 11) is 1.70. The predicted octanol–water partition coefficient (Wildman–Crippen LogP) is 2.25. The van der Waals surface area contributed by atoms with Crippen LogP contribution in [-0.4, -0.2) is 13.7 Å². The lowest BCUT2D eigenvalue weighted by Gasteiger charge is -1.98. The maximum atomic E-state index is 12.8. The Morgan fingerprint density at radius 3 is 2.64 bits per heavy atom. The van der Waals surface area contributed by atoms with Crippen LogP contribution in [0.1, 0.15) is 17.9 Å². The van der Waals surface area contributed by atoms with Gasteiger partial charge in [-0.3, -0.25) is 0 Å². The summed E-state index contributed by atoms with van der Waals surface area (Å²) in [5, 5.41) is -0.536. The van der Waals surface area contributed by atoms with Crippen LogP contribution in [-0.2, 0) is 9.05 Å². The van der Waals surface area contributed by atoms with E-state index in [-0.39, 0.29) is 11.7 Å². The van der Waals surface area contributed by atoms with E-state index in [9.17, 15) is 12.8 Å². The summed E-state index contributed by atoms with van der Waals surface area (Å²) in [4.78, 5) is 0. The van der Waals surface area contributed by atoms with E-state index in [2.05, 4.69) is 0 Å². The summed E-state index contributed by atoms with van der Waals surface area (Å²) in [6.07, 6.45) is 0.495. The molecule has 2 rings (SSSR count). The van der Waals surface area contributed by atoms with Gasteiger partial charge in [0.1, 0.15) is 5.82 Å². The van der Waals surface area contributed by atoms with E-state index in [0.717, 1.165) is 0 Å². The second kappa shape index (κ2) is 3.21. The first-order chi connectivity index (χ1) is 6.48. The van der Waals surface area contributed by atoms with E-state index in [1.165, 1.54) is 12.1 Å². The zero-order chi connectivity index (χ0) is 10.3. The Kier molecular flexibility index (Phi) is 2.27. The van der Waals surface area contributed by atoms with Crippen LogP contribution >= 0.6 is 10.7 Å². The van der Waals surface area contributed by atoms with Crippen LogP contribution in [0.4, 0.5) is 4.39 Å². The number of rotatable bonds is 2. The molecular weight excluding hydrogens is 227 g/mol. The van der Waals surface area contributed by atoms with Crippen LogP contribution < -0.4 is 0 Å². The van der Waals surface area contributed by atoms with Crippen molar-refractivity contribution in [1.82, 2.24) is 0 Å². The van der Waals surface area contributed by atoms with Crippen molar-refractivity contribution >= 4 is 19.7 Å². The van der Waals surface area contributed by atoms with Gasteiger partial charge in [0.05, 0.1) is 5.25 Å². The van der Waals surface area contributed by atoms with Crippen molar-refractivity contribution in [3.8, 4) is 0 Å². The Morgan fingerprint density at radius 1 is 1.43 bits per heavy atom. The predicted molar refractivity (Wildman–Crippen MR) is 52.3 cm³/mol. The standard InChI is InChI=1S/C9H8ClFO2S/c10-14(12,13)9-5-8(9)6-2-1-3-7(11)4-6/h1-4,8-9H,5H2/t8-,9+/m1/s1. The molecule has 1 aliphatic rings. The fourth-order valence-electron chi connectivity index (χ4n) is 1.57. The quantitative estimate of drug-likeness (QED) is 0.736. The zero-order valence-electron chi connectivity index (χ0n) is 7.15. The molecule has 2 nitrogen and oxygen atoms in total. The van der Waals surface area contributed by atoms with Gasteiger partial charge in [-0.15, -0.1) is 0 Å². The molecule has 1 aromatic rings. The smallest absolute Gasteiger partial charge is 0.212 e. The molecule has 2 atom stereocenters. The lowest BCUT2D eigenvalue weighted by atomic mass is 10.1. The van der Waals surface area contributed by atoms with Gasteiger partial charge in [-0.2, -0.15) is 0 Å². The molecule has 0 bridgehead atoms.